The van der Waals surface area contributed by atoms with Crippen molar-refractivity contribution in [3.8, 4) is 5.75 Å². The molecule has 1 N–H and O–H groups in total. The topological polar surface area (TPSA) is 58.6 Å². The molecule has 7 heteroatoms. The lowest BCUT2D eigenvalue weighted by Gasteiger charge is -2.18. The quantitative estimate of drug-likeness (QED) is 0.845. The Bertz CT molecular complexity index is 767. The van der Waals surface area contributed by atoms with Crippen LogP contribution in [0.5, 0.6) is 5.75 Å². The van der Waals surface area contributed by atoms with Gasteiger partial charge in [0.25, 0.3) is 5.91 Å². The molecule has 0 saturated carbocycles. The molecule has 24 heavy (non-hydrogen) atoms. The SMILES string of the molecule is COc1ccc(Br)c(C(=O)N(C)CC(=O)Nc2cccc(F)c2)c1. The third-order valence-corrected chi connectivity index (χ3v) is 3.93. The number of ether oxygens (including phenoxy) is 1. The van der Waals surface area contributed by atoms with E-state index in [1.165, 1.54) is 37.3 Å². The zero-order valence-electron chi connectivity index (χ0n) is 13.2. The molecule has 5 nitrogen and oxygen atoms in total. The number of methoxy groups -OCH3 is 1. The maximum atomic E-state index is 13.1. The number of benzene rings is 2. The molecule has 0 aromatic heterocycles. The molecule has 0 aliphatic heterocycles. The second-order valence-electron chi connectivity index (χ2n) is 5.07. The first-order valence-corrected chi connectivity index (χ1v) is 7.84. The first-order valence-electron chi connectivity index (χ1n) is 7.05. The van der Waals surface area contributed by atoms with E-state index in [1.807, 2.05) is 0 Å². The van der Waals surface area contributed by atoms with E-state index in [2.05, 4.69) is 21.2 Å². The van der Waals surface area contributed by atoms with Crippen LogP contribution in [-0.2, 0) is 4.79 Å². The molecule has 0 saturated heterocycles. The van der Waals surface area contributed by atoms with Crippen LogP contribution >= 0.6 is 15.9 Å². The minimum absolute atomic E-state index is 0.168. The van der Waals surface area contributed by atoms with Crippen LogP contribution in [-0.4, -0.2) is 37.4 Å². The molecule has 2 rings (SSSR count). The zero-order valence-corrected chi connectivity index (χ0v) is 14.8. The van der Waals surface area contributed by atoms with Crippen LogP contribution in [0.2, 0.25) is 0 Å². The van der Waals surface area contributed by atoms with Crippen molar-refractivity contribution < 1.29 is 18.7 Å². The highest BCUT2D eigenvalue weighted by Gasteiger charge is 2.18. The maximum Gasteiger partial charge on any atom is 0.255 e. The van der Waals surface area contributed by atoms with E-state index in [1.54, 1.807) is 24.3 Å². The van der Waals surface area contributed by atoms with E-state index in [9.17, 15) is 14.0 Å². The van der Waals surface area contributed by atoms with Gasteiger partial charge in [-0.15, -0.1) is 0 Å². The third-order valence-electron chi connectivity index (χ3n) is 3.24. The van der Waals surface area contributed by atoms with Crippen molar-refractivity contribution >= 4 is 33.4 Å². The predicted molar refractivity (Wildman–Crippen MR) is 92.7 cm³/mol. The van der Waals surface area contributed by atoms with Crippen LogP contribution in [0.15, 0.2) is 46.9 Å². The molecule has 0 atom stereocenters. The molecule has 0 radical (unpaired) electrons. The van der Waals surface area contributed by atoms with Crippen molar-refractivity contribution in [3.05, 3.63) is 58.3 Å². The van der Waals surface area contributed by atoms with Gasteiger partial charge in [0.15, 0.2) is 0 Å². The van der Waals surface area contributed by atoms with Gasteiger partial charge in [-0.3, -0.25) is 9.59 Å². The summed E-state index contributed by atoms with van der Waals surface area (Å²) in [4.78, 5) is 25.8. The number of nitrogens with zero attached hydrogens (tertiary/aromatic N) is 1. The molecular formula is C17H16BrFN2O3. The largest absolute Gasteiger partial charge is 0.497 e. The van der Waals surface area contributed by atoms with Crippen LogP contribution in [0.25, 0.3) is 0 Å². The fraction of sp³-hybridized carbons (Fsp3) is 0.176. The standard InChI is InChI=1S/C17H16BrFN2O3/c1-21(10-16(22)20-12-5-3-4-11(19)8-12)17(23)14-9-13(24-2)6-7-15(14)18/h3-9H,10H2,1-2H3,(H,20,22). The van der Waals surface area contributed by atoms with Gasteiger partial charge in [0.05, 0.1) is 19.2 Å². The molecule has 0 unspecified atom stereocenters. The van der Waals surface area contributed by atoms with E-state index in [0.717, 1.165) is 0 Å². The fourth-order valence-corrected chi connectivity index (χ4v) is 2.47. The number of anilines is 1. The Morgan fingerprint density at radius 2 is 2.00 bits per heavy atom. The molecule has 0 aliphatic carbocycles. The van der Waals surface area contributed by atoms with Gasteiger partial charge >= 0.3 is 0 Å². The predicted octanol–water partition coefficient (Wildman–Crippen LogP) is 3.31. The lowest BCUT2D eigenvalue weighted by atomic mass is 10.2. The Morgan fingerprint density at radius 1 is 1.25 bits per heavy atom. The molecule has 0 heterocycles. The van der Waals surface area contributed by atoms with Gasteiger partial charge in [0.2, 0.25) is 5.91 Å². The van der Waals surface area contributed by atoms with E-state index in [0.29, 0.717) is 21.5 Å². The summed E-state index contributed by atoms with van der Waals surface area (Å²) in [5, 5.41) is 2.55. The molecule has 2 aromatic rings. The van der Waals surface area contributed by atoms with E-state index < -0.39 is 11.7 Å². The lowest BCUT2D eigenvalue weighted by Crippen LogP contribution is -2.35. The molecule has 2 amide bonds. The highest BCUT2D eigenvalue weighted by molar-refractivity contribution is 9.10. The fourth-order valence-electron chi connectivity index (χ4n) is 2.05. The van der Waals surface area contributed by atoms with Crippen molar-refractivity contribution in [2.24, 2.45) is 0 Å². The van der Waals surface area contributed by atoms with Gasteiger partial charge in [-0.2, -0.15) is 0 Å². The Labute approximate surface area is 147 Å². The van der Waals surface area contributed by atoms with Crippen molar-refractivity contribution in [2.45, 2.75) is 0 Å². The van der Waals surface area contributed by atoms with Gasteiger partial charge in [0, 0.05) is 17.2 Å². The van der Waals surface area contributed by atoms with E-state index >= 15 is 0 Å². The Morgan fingerprint density at radius 3 is 2.67 bits per heavy atom. The Hall–Kier alpha value is -2.41. The monoisotopic (exact) mass is 394 g/mol. The molecule has 0 spiro atoms. The second kappa shape index (κ2) is 7.92. The summed E-state index contributed by atoms with van der Waals surface area (Å²) in [5.41, 5.74) is 0.721. The van der Waals surface area contributed by atoms with Crippen LogP contribution in [0.3, 0.4) is 0 Å². The number of likely N-dealkylation sites (N-methyl/N-ethyl adjacent to an activating group) is 1. The minimum atomic E-state index is -0.447. The first-order chi connectivity index (χ1) is 11.4. The summed E-state index contributed by atoms with van der Waals surface area (Å²) < 4.78 is 18.8. The summed E-state index contributed by atoms with van der Waals surface area (Å²) in [6, 6.07) is 10.6. The molecule has 0 aliphatic rings. The Balaban J connectivity index is 2.04. The van der Waals surface area contributed by atoms with E-state index in [4.69, 9.17) is 4.74 Å². The van der Waals surface area contributed by atoms with E-state index in [-0.39, 0.29) is 12.5 Å². The molecule has 2 aromatic carbocycles. The minimum Gasteiger partial charge on any atom is -0.497 e. The number of rotatable bonds is 5. The molecule has 0 bridgehead atoms. The van der Waals surface area contributed by atoms with Crippen molar-refractivity contribution in [1.82, 2.24) is 4.90 Å². The molecular weight excluding hydrogens is 379 g/mol. The zero-order chi connectivity index (χ0) is 17.7. The number of amides is 2. The van der Waals surface area contributed by atoms with Crippen molar-refractivity contribution in [2.75, 3.05) is 26.0 Å². The average Bonchev–Trinajstić information content (AvgIpc) is 2.54. The second-order valence-corrected chi connectivity index (χ2v) is 5.92. The van der Waals surface area contributed by atoms with Crippen LogP contribution in [0.1, 0.15) is 10.4 Å². The summed E-state index contributed by atoms with van der Waals surface area (Å²) in [6.45, 7) is -0.168. The lowest BCUT2D eigenvalue weighted by molar-refractivity contribution is -0.116. The first kappa shape index (κ1) is 17.9. The summed E-state index contributed by atoms with van der Waals surface area (Å²) in [7, 11) is 3.02. The number of halogens is 2. The number of carbonyl (C=O) groups excluding carboxylic acids is 2. The Kier molecular flexibility index (Phi) is 5.92. The van der Waals surface area contributed by atoms with Gasteiger partial charge < -0.3 is 15.0 Å². The highest BCUT2D eigenvalue weighted by Crippen LogP contribution is 2.23. The van der Waals surface area contributed by atoms with Crippen molar-refractivity contribution in [3.63, 3.8) is 0 Å². The summed E-state index contributed by atoms with van der Waals surface area (Å²) in [5.74, 6) is -0.664. The number of nitrogens with one attached hydrogen (secondary N) is 1. The van der Waals surface area contributed by atoms with Gasteiger partial charge in [0.1, 0.15) is 11.6 Å². The number of hydrogen-bond donors (Lipinski definition) is 1. The summed E-state index contributed by atoms with van der Waals surface area (Å²) in [6.07, 6.45) is 0. The van der Waals surface area contributed by atoms with Crippen LogP contribution in [0, 0.1) is 5.82 Å². The highest BCUT2D eigenvalue weighted by atomic mass is 79.9. The van der Waals surface area contributed by atoms with Gasteiger partial charge in [-0.25, -0.2) is 4.39 Å². The smallest absolute Gasteiger partial charge is 0.255 e. The maximum absolute atomic E-state index is 13.1. The molecule has 0 fully saturated rings. The normalized spacial score (nSPS) is 10.2. The van der Waals surface area contributed by atoms with Crippen molar-refractivity contribution in [1.29, 1.82) is 0 Å². The number of carbonyl (C=O) groups is 2. The third kappa shape index (κ3) is 4.55. The van der Waals surface area contributed by atoms with Gasteiger partial charge in [-0.1, -0.05) is 6.07 Å². The van der Waals surface area contributed by atoms with Gasteiger partial charge in [-0.05, 0) is 52.3 Å². The molecule has 126 valence electrons. The average molecular weight is 395 g/mol. The van der Waals surface area contributed by atoms with Crippen LogP contribution < -0.4 is 10.1 Å². The number of hydrogen-bond acceptors (Lipinski definition) is 3. The van der Waals surface area contributed by atoms with Crippen LogP contribution in [0.4, 0.5) is 10.1 Å². The summed E-state index contributed by atoms with van der Waals surface area (Å²) >= 11 is 3.31.